The van der Waals surface area contributed by atoms with Crippen molar-refractivity contribution in [3.63, 3.8) is 0 Å². The number of hydrogen-bond acceptors (Lipinski definition) is 4. The zero-order valence-corrected chi connectivity index (χ0v) is 39.3. The molecule has 5 heteroatoms. The van der Waals surface area contributed by atoms with Crippen LogP contribution in [0.1, 0.15) is 135 Å². The average molecular weight is 813 g/mol. The molecular formula is C54H61BN2S2. The molecule has 0 fully saturated rings. The van der Waals surface area contributed by atoms with Gasteiger partial charge in [-0.05, 0) is 177 Å². The van der Waals surface area contributed by atoms with E-state index in [2.05, 4.69) is 195 Å². The highest BCUT2D eigenvalue weighted by atomic mass is 32.2. The third kappa shape index (κ3) is 5.87. The Morgan fingerprint density at radius 2 is 1.08 bits per heavy atom. The van der Waals surface area contributed by atoms with E-state index < -0.39 is 0 Å². The van der Waals surface area contributed by atoms with Gasteiger partial charge in [0.2, 0.25) is 0 Å². The Balaban J connectivity index is 1.34. The van der Waals surface area contributed by atoms with Gasteiger partial charge in [-0.25, -0.2) is 0 Å². The van der Waals surface area contributed by atoms with Gasteiger partial charge in [0.05, 0.1) is 5.69 Å². The van der Waals surface area contributed by atoms with E-state index in [1.165, 1.54) is 124 Å². The summed E-state index contributed by atoms with van der Waals surface area (Å²) < 4.78 is 2.89. The molecule has 0 amide bonds. The van der Waals surface area contributed by atoms with Crippen LogP contribution in [-0.4, -0.2) is 13.0 Å². The zero-order valence-electron chi connectivity index (χ0n) is 37.7. The smallest absolute Gasteiger partial charge is 0.264 e. The highest BCUT2D eigenvalue weighted by molar-refractivity contribution is 7.98. The van der Waals surface area contributed by atoms with Crippen molar-refractivity contribution in [3.05, 3.63) is 118 Å². The van der Waals surface area contributed by atoms with Gasteiger partial charge < -0.3 is 9.80 Å². The molecule has 0 N–H and O–H groups in total. The van der Waals surface area contributed by atoms with Gasteiger partial charge in [0.15, 0.2) is 0 Å². The van der Waals surface area contributed by atoms with E-state index in [9.17, 15) is 0 Å². The Morgan fingerprint density at radius 1 is 0.593 bits per heavy atom. The molecule has 10 rings (SSSR count). The van der Waals surface area contributed by atoms with Crippen molar-refractivity contribution >= 4 is 89.7 Å². The molecule has 6 aromatic rings. The highest BCUT2D eigenvalue weighted by Crippen LogP contribution is 2.54. The summed E-state index contributed by atoms with van der Waals surface area (Å²) in [6.07, 6.45) is 6.98. The van der Waals surface area contributed by atoms with E-state index >= 15 is 0 Å². The summed E-state index contributed by atoms with van der Waals surface area (Å²) in [6, 6.07) is 34.4. The van der Waals surface area contributed by atoms with Gasteiger partial charge in [0.1, 0.15) is 0 Å². The number of rotatable bonds is 3. The van der Waals surface area contributed by atoms with E-state index in [0.717, 1.165) is 0 Å². The molecule has 2 aliphatic heterocycles. The first-order chi connectivity index (χ1) is 27.7. The molecule has 0 bridgehead atoms. The Kier molecular flexibility index (Phi) is 8.51. The fraction of sp³-hybridized carbons (Fsp3) is 0.407. The molecule has 2 nitrogen and oxygen atoms in total. The molecule has 3 heterocycles. The summed E-state index contributed by atoms with van der Waals surface area (Å²) in [6.45, 7) is 29.2. The van der Waals surface area contributed by atoms with Crippen molar-refractivity contribution in [1.29, 1.82) is 0 Å². The van der Waals surface area contributed by atoms with E-state index in [1.807, 2.05) is 11.8 Å². The van der Waals surface area contributed by atoms with Crippen LogP contribution >= 0.6 is 23.1 Å². The Morgan fingerprint density at radius 3 is 1.64 bits per heavy atom. The normalized spacial score (nSPS) is 19.2. The highest BCUT2D eigenvalue weighted by Gasteiger charge is 2.48. The molecule has 2 aliphatic carbocycles. The second-order valence-electron chi connectivity index (χ2n) is 22.0. The van der Waals surface area contributed by atoms with E-state index in [1.54, 1.807) is 0 Å². The van der Waals surface area contributed by atoms with Crippen LogP contribution in [0.5, 0.6) is 0 Å². The van der Waals surface area contributed by atoms with Crippen LogP contribution < -0.4 is 25.5 Å². The lowest BCUT2D eigenvalue weighted by atomic mass is 9.35. The van der Waals surface area contributed by atoms with Crippen LogP contribution in [0.2, 0.25) is 0 Å². The maximum Gasteiger partial charge on any atom is 0.264 e. The summed E-state index contributed by atoms with van der Waals surface area (Å²) in [5.41, 5.74) is 20.0. The molecule has 0 radical (unpaired) electrons. The molecule has 1 aromatic heterocycles. The van der Waals surface area contributed by atoms with Crippen molar-refractivity contribution in [2.24, 2.45) is 0 Å². The Bertz CT molecular complexity index is 2710. The number of thiophene rings is 1. The Hall–Kier alpha value is -3.93. The monoisotopic (exact) mass is 812 g/mol. The number of fused-ring (bicyclic) bond motifs is 8. The first-order valence-electron chi connectivity index (χ1n) is 22.0. The van der Waals surface area contributed by atoms with Crippen LogP contribution in [0.15, 0.2) is 89.8 Å². The SMILES string of the molecule is CSc1ccc(N2c3cc(C)cc4c3B(c3cc5c(cc3N4c3ccc(C(C)(C)C)cc3)C(C)(C)CCC5(C)C)c3sc4cc5c(cc4c32)C(C)(C)CCC5(C)C)cc1. The second-order valence-corrected chi connectivity index (χ2v) is 24.0. The summed E-state index contributed by atoms with van der Waals surface area (Å²) in [4.78, 5) is 6.59. The maximum atomic E-state index is 2.69. The van der Waals surface area contributed by atoms with Gasteiger partial charge in [-0.3, -0.25) is 0 Å². The first-order valence-corrected chi connectivity index (χ1v) is 24.0. The molecule has 4 aliphatic rings. The average Bonchev–Trinajstić information content (AvgIpc) is 3.55. The first kappa shape index (κ1) is 39.2. The standard InChI is InChI=1S/C54H61BN2S2/c1-32-26-44-47-45(27-32)57(35-18-20-36(58-13)21-19-35)48-37-28-38-41(54(11,12)25-22-51(38,5)6)31-46(37)59-49(48)55(47)42-29-39-40(53(9,10)24-23-52(39,7)8)30-43(42)56(44)34-16-14-33(15-17-34)50(2,3)4/h14-21,26-31H,22-25H2,1-13H3. The molecule has 0 saturated heterocycles. The fourth-order valence-electron chi connectivity index (χ4n) is 11.1. The van der Waals surface area contributed by atoms with Gasteiger partial charge in [-0.15, -0.1) is 23.1 Å². The lowest BCUT2D eigenvalue weighted by Gasteiger charge is -2.47. The summed E-state index contributed by atoms with van der Waals surface area (Å²) >= 11 is 3.87. The number of hydrogen-bond donors (Lipinski definition) is 0. The minimum absolute atomic E-state index is 0.0775. The summed E-state index contributed by atoms with van der Waals surface area (Å²) in [5.74, 6) is 0. The molecule has 0 spiro atoms. The quantitative estimate of drug-likeness (QED) is 0.130. The molecule has 0 saturated carbocycles. The fourth-order valence-corrected chi connectivity index (χ4v) is 12.9. The minimum Gasteiger partial charge on any atom is -0.311 e. The maximum absolute atomic E-state index is 2.69. The number of thioether (sulfide) groups is 1. The molecule has 0 atom stereocenters. The molecule has 59 heavy (non-hydrogen) atoms. The van der Waals surface area contributed by atoms with Gasteiger partial charge in [-0.2, -0.15) is 0 Å². The largest absolute Gasteiger partial charge is 0.311 e. The lowest BCUT2D eigenvalue weighted by Crippen LogP contribution is -2.61. The number of nitrogens with zero attached hydrogens (tertiary/aromatic N) is 2. The van der Waals surface area contributed by atoms with Crippen LogP contribution in [-0.2, 0) is 27.1 Å². The minimum atomic E-state index is 0.0775. The van der Waals surface area contributed by atoms with Crippen molar-refractivity contribution in [3.8, 4) is 0 Å². The molecule has 5 aromatic carbocycles. The number of aryl methyl sites for hydroxylation is 1. The second kappa shape index (κ2) is 12.8. The molecule has 302 valence electrons. The van der Waals surface area contributed by atoms with Gasteiger partial charge in [0.25, 0.3) is 6.71 Å². The summed E-state index contributed by atoms with van der Waals surface area (Å²) in [7, 11) is 0. The lowest BCUT2D eigenvalue weighted by molar-refractivity contribution is 0.332. The van der Waals surface area contributed by atoms with Crippen LogP contribution in [0.4, 0.5) is 34.1 Å². The molecular weight excluding hydrogens is 752 g/mol. The predicted octanol–water partition coefficient (Wildman–Crippen LogP) is 14.0. The summed E-state index contributed by atoms with van der Waals surface area (Å²) in [5, 5.41) is 1.40. The zero-order chi connectivity index (χ0) is 41.8. The Labute approximate surface area is 362 Å². The van der Waals surface area contributed by atoms with Crippen molar-refractivity contribution in [2.75, 3.05) is 16.1 Å². The number of benzene rings is 5. The van der Waals surface area contributed by atoms with Gasteiger partial charge in [-0.1, -0.05) is 94.4 Å². The van der Waals surface area contributed by atoms with Crippen LogP contribution in [0.3, 0.4) is 0 Å². The van der Waals surface area contributed by atoms with Gasteiger partial charge in [0, 0.05) is 48.2 Å². The van der Waals surface area contributed by atoms with Crippen molar-refractivity contribution in [1.82, 2.24) is 0 Å². The topological polar surface area (TPSA) is 6.48 Å². The van der Waals surface area contributed by atoms with E-state index in [0.29, 0.717) is 0 Å². The predicted molar refractivity (Wildman–Crippen MR) is 262 cm³/mol. The van der Waals surface area contributed by atoms with Crippen molar-refractivity contribution in [2.45, 2.75) is 141 Å². The third-order valence-electron chi connectivity index (χ3n) is 15.1. The van der Waals surface area contributed by atoms with Crippen LogP contribution in [0.25, 0.3) is 10.1 Å². The molecule has 0 unspecified atom stereocenters. The van der Waals surface area contributed by atoms with Crippen molar-refractivity contribution < 1.29 is 0 Å². The van der Waals surface area contributed by atoms with Crippen LogP contribution in [0, 0.1) is 6.92 Å². The van der Waals surface area contributed by atoms with Gasteiger partial charge >= 0.3 is 0 Å². The number of anilines is 6. The van der Waals surface area contributed by atoms with E-state index in [-0.39, 0.29) is 33.8 Å². The van der Waals surface area contributed by atoms with E-state index in [4.69, 9.17) is 0 Å². The third-order valence-corrected chi connectivity index (χ3v) is 17.0.